The Morgan fingerprint density at radius 2 is 0.520 bits per heavy atom. The Kier molecular flexibility index (Phi) is 59.8. The SMILES string of the molecule is CC/C=C\C/C=C\C/C=C\C/C=C\C/C=C\CCCCCCCCCCCC(=O)OCC(COC(=O)CCCCCCC/C=C\CCCCCC)OC(=O)CCCCCCCCCCC/C=C\C/C=C\CCCCC. The van der Waals surface area contributed by atoms with E-state index >= 15 is 0 Å². The average Bonchev–Trinajstić information content (AvgIpc) is 3.41. The zero-order valence-corrected chi connectivity index (χ0v) is 49.3. The van der Waals surface area contributed by atoms with Crippen molar-refractivity contribution in [3.05, 3.63) is 97.2 Å². The molecule has 0 heterocycles. The summed E-state index contributed by atoms with van der Waals surface area (Å²) in [6.07, 6.45) is 84.0. The predicted molar refractivity (Wildman–Crippen MR) is 325 cm³/mol. The van der Waals surface area contributed by atoms with Crippen molar-refractivity contribution in [1.29, 1.82) is 0 Å². The van der Waals surface area contributed by atoms with Crippen LogP contribution in [0.15, 0.2) is 97.2 Å². The van der Waals surface area contributed by atoms with Crippen molar-refractivity contribution in [2.24, 2.45) is 0 Å². The van der Waals surface area contributed by atoms with E-state index in [1.54, 1.807) is 0 Å². The van der Waals surface area contributed by atoms with Gasteiger partial charge >= 0.3 is 17.9 Å². The van der Waals surface area contributed by atoms with Crippen molar-refractivity contribution < 1.29 is 28.6 Å². The van der Waals surface area contributed by atoms with Crippen molar-refractivity contribution in [2.75, 3.05) is 13.2 Å². The third-order valence-corrected chi connectivity index (χ3v) is 13.5. The molecule has 0 N–H and O–H groups in total. The first-order valence-electron chi connectivity index (χ1n) is 31.7. The summed E-state index contributed by atoms with van der Waals surface area (Å²) in [6.45, 7) is 6.49. The topological polar surface area (TPSA) is 78.9 Å². The Labute approximate surface area is 464 Å². The lowest BCUT2D eigenvalue weighted by Gasteiger charge is -2.18. The van der Waals surface area contributed by atoms with Gasteiger partial charge in [-0.1, -0.05) is 259 Å². The van der Waals surface area contributed by atoms with E-state index in [4.69, 9.17) is 14.2 Å². The first-order valence-corrected chi connectivity index (χ1v) is 31.7. The molecular formula is C69H118O6. The van der Waals surface area contributed by atoms with Crippen molar-refractivity contribution in [2.45, 2.75) is 309 Å². The van der Waals surface area contributed by atoms with E-state index in [1.807, 2.05) is 0 Å². The smallest absolute Gasteiger partial charge is 0.306 e. The summed E-state index contributed by atoms with van der Waals surface area (Å²) >= 11 is 0. The van der Waals surface area contributed by atoms with E-state index in [9.17, 15) is 14.4 Å². The van der Waals surface area contributed by atoms with E-state index in [1.165, 1.54) is 154 Å². The molecular weight excluding hydrogens is 925 g/mol. The molecule has 0 aromatic heterocycles. The van der Waals surface area contributed by atoms with Crippen molar-refractivity contribution >= 4 is 17.9 Å². The maximum atomic E-state index is 12.9. The fourth-order valence-corrected chi connectivity index (χ4v) is 8.79. The van der Waals surface area contributed by atoms with Gasteiger partial charge in [-0.2, -0.15) is 0 Å². The zero-order valence-electron chi connectivity index (χ0n) is 49.3. The summed E-state index contributed by atoms with van der Waals surface area (Å²) in [5.74, 6) is -0.894. The number of unbranched alkanes of at least 4 members (excludes halogenated alkanes) is 30. The number of ether oxygens (including phenoxy) is 3. The third-order valence-electron chi connectivity index (χ3n) is 13.5. The second-order valence-corrected chi connectivity index (χ2v) is 20.9. The van der Waals surface area contributed by atoms with Crippen LogP contribution in [0.3, 0.4) is 0 Å². The molecule has 0 rings (SSSR count). The fraction of sp³-hybridized carbons (Fsp3) is 0.725. The minimum absolute atomic E-state index is 0.0844. The van der Waals surface area contributed by atoms with Crippen LogP contribution in [-0.2, 0) is 28.6 Å². The molecule has 0 aliphatic rings. The van der Waals surface area contributed by atoms with E-state index in [0.717, 1.165) is 109 Å². The minimum atomic E-state index is -0.787. The normalized spacial score (nSPS) is 12.7. The Hall–Kier alpha value is -3.67. The molecule has 0 aliphatic carbocycles. The molecule has 0 aromatic rings. The summed E-state index contributed by atoms with van der Waals surface area (Å²) < 4.78 is 16.9. The van der Waals surface area contributed by atoms with E-state index in [0.29, 0.717) is 19.3 Å². The molecule has 0 bridgehead atoms. The van der Waals surface area contributed by atoms with Crippen LogP contribution >= 0.6 is 0 Å². The fourth-order valence-electron chi connectivity index (χ4n) is 8.79. The van der Waals surface area contributed by atoms with Crippen LogP contribution in [0.5, 0.6) is 0 Å². The minimum Gasteiger partial charge on any atom is -0.462 e. The first kappa shape index (κ1) is 71.3. The van der Waals surface area contributed by atoms with Gasteiger partial charge in [0.25, 0.3) is 0 Å². The maximum absolute atomic E-state index is 12.9. The van der Waals surface area contributed by atoms with Gasteiger partial charge in [-0.15, -0.1) is 0 Å². The van der Waals surface area contributed by atoms with Gasteiger partial charge in [0.2, 0.25) is 0 Å². The molecule has 1 atom stereocenters. The van der Waals surface area contributed by atoms with Crippen LogP contribution < -0.4 is 0 Å². The third kappa shape index (κ3) is 61.1. The highest BCUT2D eigenvalue weighted by molar-refractivity contribution is 5.71. The molecule has 6 heteroatoms. The van der Waals surface area contributed by atoms with Gasteiger partial charge in [0, 0.05) is 19.3 Å². The van der Waals surface area contributed by atoms with Crippen LogP contribution in [0.1, 0.15) is 303 Å². The number of rotatable bonds is 57. The lowest BCUT2D eigenvalue weighted by molar-refractivity contribution is -0.167. The van der Waals surface area contributed by atoms with Gasteiger partial charge in [0.05, 0.1) is 0 Å². The number of allylic oxidation sites excluding steroid dienone is 16. The molecule has 0 spiro atoms. The second-order valence-electron chi connectivity index (χ2n) is 20.9. The molecule has 0 aliphatic heterocycles. The molecule has 0 radical (unpaired) electrons. The molecule has 0 aromatic carbocycles. The summed E-state index contributed by atoms with van der Waals surface area (Å²) in [7, 11) is 0. The molecule has 0 amide bonds. The van der Waals surface area contributed by atoms with Gasteiger partial charge in [-0.3, -0.25) is 14.4 Å². The van der Waals surface area contributed by atoms with Crippen LogP contribution in [0, 0.1) is 0 Å². The zero-order chi connectivity index (χ0) is 54.3. The largest absolute Gasteiger partial charge is 0.462 e. The highest BCUT2D eigenvalue weighted by atomic mass is 16.6. The molecule has 75 heavy (non-hydrogen) atoms. The number of esters is 3. The quantitative estimate of drug-likeness (QED) is 0.0261. The lowest BCUT2D eigenvalue weighted by atomic mass is 10.1. The first-order chi connectivity index (χ1) is 37.0. The van der Waals surface area contributed by atoms with Gasteiger partial charge < -0.3 is 14.2 Å². The van der Waals surface area contributed by atoms with Gasteiger partial charge in [0.1, 0.15) is 13.2 Å². The predicted octanol–water partition coefficient (Wildman–Crippen LogP) is 21.7. The van der Waals surface area contributed by atoms with Crippen molar-refractivity contribution in [3.8, 4) is 0 Å². The van der Waals surface area contributed by atoms with E-state index in [2.05, 4.69) is 118 Å². The Morgan fingerprint density at radius 1 is 0.280 bits per heavy atom. The van der Waals surface area contributed by atoms with Crippen LogP contribution in [-0.4, -0.2) is 37.2 Å². The summed E-state index contributed by atoms with van der Waals surface area (Å²) in [6, 6.07) is 0. The summed E-state index contributed by atoms with van der Waals surface area (Å²) in [5.41, 5.74) is 0. The second kappa shape index (κ2) is 62.9. The molecule has 6 nitrogen and oxygen atoms in total. The monoisotopic (exact) mass is 1040 g/mol. The van der Waals surface area contributed by atoms with Crippen LogP contribution in [0.25, 0.3) is 0 Å². The molecule has 1 unspecified atom stereocenters. The van der Waals surface area contributed by atoms with Gasteiger partial charge in [-0.25, -0.2) is 0 Å². The highest BCUT2D eigenvalue weighted by Crippen LogP contribution is 2.16. The Balaban J connectivity index is 4.34. The van der Waals surface area contributed by atoms with Gasteiger partial charge in [-0.05, 0) is 122 Å². The van der Waals surface area contributed by atoms with Crippen molar-refractivity contribution in [3.63, 3.8) is 0 Å². The van der Waals surface area contributed by atoms with Crippen LogP contribution in [0.4, 0.5) is 0 Å². The molecule has 0 fully saturated rings. The Bertz CT molecular complexity index is 1480. The molecule has 0 saturated carbocycles. The number of carbonyl (C=O) groups excluding carboxylic acids is 3. The standard InChI is InChI=1S/C69H118O6/c1-4-7-10-13-16-19-22-25-27-29-31-32-33-34-35-36-38-39-41-44-47-50-53-56-59-62-68(71)74-65-66(64-73-67(70)61-58-55-52-49-46-43-24-21-18-15-12-9-6-3)75-69(72)63-60-57-54-51-48-45-42-40-37-30-28-26-23-20-17-14-11-8-5-2/h7,10,16-17,19-21,24-28,31-32,34-35,66H,4-6,8-9,11-15,18,22-23,29-30,33,36-65H2,1-3H3/b10-7-,19-16-,20-17-,24-21-,27-25-,28-26-,32-31-,35-34-. The van der Waals surface area contributed by atoms with E-state index in [-0.39, 0.29) is 31.1 Å². The van der Waals surface area contributed by atoms with E-state index < -0.39 is 6.10 Å². The number of hydrogen-bond acceptors (Lipinski definition) is 6. The number of carbonyl (C=O) groups is 3. The van der Waals surface area contributed by atoms with Gasteiger partial charge in [0.15, 0.2) is 6.10 Å². The average molecular weight is 1040 g/mol. The van der Waals surface area contributed by atoms with Crippen LogP contribution in [0.2, 0.25) is 0 Å². The van der Waals surface area contributed by atoms with Crippen molar-refractivity contribution in [1.82, 2.24) is 0 Å². The molecule has 0 saturated heterocycles. The summed E-state index contributed by atoms with van der Waals surface area (Å²) in [5, 5.41) is 0. The maximum Gasteiger partial charge on any atom is 0.306 e. The number of hydrogen-bond donors (Lipinski definition) is 0. The summed E-state index contributed by atoms with van der Waals surface area (Å²) in [4.78, 5) is 38.3. The Morgan fingerprint density at radius 3 is 0.853 bits per heavy atom. The lowest BCUT2D eigenvalue weighted by Crippen LogP contribution is -2.30. The highest BCUT2D eigenvalue weighted by Gasteiger charge is 2.19. The molecule has 430 valence electrons.